The normalized spacial score (nSPS) is 19.4. The maximum atomic E-state index is 12.2. The molecule has 1 amide bonds. The fourth-order valence-corrected chi connectivity index (χ4v) is 2.52. The molecule has 0 spiro atoms. The van der Waals surface area contributed by atoms with E-state index in [1.807, 2.05) is 17.0 Å². The van der Waals surface area contributed by atoms with E-state index in [4.69, 9.17) is 10.8 Å². The monoisotopic (exact) mass is 260 g/mol. The van der Waals surface area contributed by atoms with Gasteiger partial charge in [-0.05, 0) is 36.5 Å². The molecule has 0 aromatic heterocycles. The van der Waals surface area contributed by atoms with Gasteiger partial charge in [-0.3, -0.25) is 9.59 Å². The van der Waals surface area contributed by atoms with Gasteiger partial charge in [0.15, 0.2) is 0 Å². The number of amides is 1. The molecule has 1 fully saturated rings. The van der Waals surface area contributed by atoms with Crippen LogP contribution in [-0.2, 0) is 17.8 Å². The zero-order valence-electron chi connectivity index (χ0n) is 10.5. The van der Waals surface area contributed by atoms with Crippen LogP contribution in [0.1, 0.15) is 34.3 Å². The summed E-state index contributed by atoms with van der Waals surface area (Å²) in [6, 6.07) is 5.06. The van der Waals surface area contributed by atoms with E-state index in [9.17, 15) is 9.59 Å². The second-order valence-electron chi connectivity index (χ2n) is 5.30. The molecule has 1 saturated carbocycles. The van der Waals surface area contributed by atoms with Crippen LogP contribution < -0.4 is 5.73 Å². The van der Waals surface area contributed by atoms with Crippen molar-refractivity contribution in [1.29, 1.82) is 0 Å². The molecule has 5 heteroatoms. The second kappa shape index (κ2) is 4.35. The minimum atomic E-state index is -1.02. The first kappa shape index (κ1) is 12.2. The summed E-state index contributed by atoms with van der Waals surface area (Å²) in [5.74, 6) is -0.949. The summed E-state index contributed by atoms with van der Waals surface area (Å²) in [5, 5.41) is 8.81. The van der Waals surface area contributed by atoms with Gasteiger partial charge in [-0.2, -0.15) is 0 Å². The molecule has 0 bridgehead atoms. The number of rotatable bonds is 4. The highest BCUT2D eigenvalue weighted by atomic mass is 16.4. The molecule has 1 aliphatic carbocycles. The van der Waals surface area contributed by atoms with Gasteiger partial charge in [0, 0.05) is 18.2 Å². The molecule has 1 atom stereocenters. The number of nitrogens with zero attached hydrogens (tertiary/aromatic N) is 1. The Morgan fingerprint density at radius 3 is 2.84 bits per heavy atom. The number of nitrogens with two attached hydrogens (primary N) is 1. The first-order valence-electron chi connectivity index (χ1n) is 6.47. The molecule has 19 heavy (non-hydrogen) atoms. The van der Waals surface area contributed by atoms with E-state index >= 15 is 0 Å². The lowest BCUT2D eigenvalue weighted by molar-refractivity contribution is -0.138. The van der Waals surface area contributed by atoms with E-state index in [2.05, 4.69) is 0 Å². The fourth-order valence-electron chi connectivity index (χ4n) is 2.52. The Kier molecular flexibility index (Phi) is 2.78. The molecule has 1 aromatic carbocycles. The molecular weight excluding hydrogens is 244 g/mol. The van der Waals surface area contributed by atoms with Crippen molar-refractivity contribution in [3.8, 4) is 0 Å². The smallest absolute Gasteiger partial charge is 0.320 e. The second-order valence-corrected chi connectivity index (χ2v) is 5.30. The van der Waals surface area contributed by atoms with Gasteiger partial charge in [-0.25, -0.2) is 0 Å². The van der Waals surface area contributed by atoms with Gasteiger partial charge in [-0.15, -0.1) is 0 Å². The number of carbonyl (C=O) groups excluding carboxylic acids is 1. The molecule has 2 aliphatic rings. The Hall–Kier alpha value is -1.88. The predicted molar refractivity (Wildman–Crippen MR) is 68.7 cm³/mol. The van der Waals surface area contributed by atoms with Gasteiger partial charge in [0.05, 0.1) is 0 Å². The maximum Gasteiger partial charge on any atom is 0.320 e. The molecule has 3 N–H and O–H groups in total. The summed E-state index contributed by atoms with van der Waals surface area (Å²) >= 11 is 0. The number of carboxylic acids is 1. The summed E-state index contributed by atoms with van der Waals surface area (Å²) < 4.78 is 0. The Labute approximate surface area is 111 Å². The standard InChI is InChI=1S/C14H16N2O3/c15-12(14(18)19)6-8-1-2-9-7-16(10-3-4-10)13(17)11(9)5-8/h1-2,5,10,12H,3-4,6-7,15H2,(H,18,19). The first-order valence-corrected chi connectivity index (χ1v) is 6.47. The molecule has 0 saturated heterocycles. The Morgan fingerprint density at radius 1 is 1.47 bits per heavy atom. The summed E-state index contributed by atoms with van der Waals surface area (Å²) in [5.41, 5.74) is 8.07. The van der Waals surface area contributed by atoms with Crippen molar-refractivity contribution in [2.24, 2.45) is 5.73 Å². The Balaban J connectivity index is 1.81. The van der Waals surface area contributed by atoms with Crippen molar-refractivity contribution >= 4 is 11.9 Å². The minimum absolute atomic E-state index is 0.0725. The van der Waals surface area contributed by atoms with E-state index in [-0.39, 0.29) is 12.3 Å². The average molecular weight is 260 g/mol. The van der Waals surface area contributed by atoms with Crippen molar-refractivity contribution in [3.05, 3.63) is 34.9 Å². The number of carbonyl (C=O) groups is 2. The van der Waals surface area contributed by atoms with Crippen LogP contribution in [-0.4, -0.2) is 34.0 Å². The van der Waals surface area contributed by atoms with E-state index in [1.54, 1.807) is 6.07 Å². The van der Waals surface area contributed by atoms with Crippen molar-refractivity contribution in [2.75, 3.05) is 0 Å². The number of aliphatic carboxylic acids is 1. The third kappa shape index (κ3) is 2.21. The summed E-state index contributed by atoms with van der Waals surface area (Å²) in [6.45, 7) is 0.685. The van der Waals surface area contributed by atoms with Gasteiger partial charge in [0.25, 0.3) is 5.91 Å². The van der Waals surface area contributed by atoms with Crippen LogP contribution in [0, 0.1) is 0 Å². The number of carboxylic acid groups (broad SMARTS) is 1. The Morgan fingerprint density at radius 2 is 2.21 bits per heavy atom. The number of hydrogen-bond donors (Lipinski definition) is 2. The van der Waals surface area contributed by atoms with Crippen molar-refractivity contribution < 1.29 is 14.7 Å². The predicted octanol–water partition coefficient (Wildman–Crippen LogP) is 0.759. The SMILES string of the molecule is NC(Cc1ccc2c(c1)C(=O)N(C1CC1)C2)C(=O)O. The van der Waals surface area contributed by atoms with Crippen LogP contribution in [0.25, 0.3) is 0 Å². The molecule has 100 valence electrons. The molecule has 1 unspecified atom stereocenters. The minimum Gasteiger partial charge on any atom is -0.480 e. The van der Waals surface area contributed by atoms with Crippen molar-refractivity contribution in [3.63, 3.8) is 0 Å². The van der Waals surface area contributed by atoms with E-state index in [1.165, 1.54) is 0 Å². The number of benzene rings is 1. The lowest BCUT2D eigenvalue weighted by Crippen LogP contribution is -2.32. The quantitative estimate of drug-likeness (QED) is 0.837. The zero-order valence-corrected chi connectivity index (χ0v) is 10.5. The molecular formula is C14H16N2O3. The Bertz CT molecular complexity index is 552. The highest BCUT2D eigenvalue weighted by Gasteiger charge is 2.38. The van der Waals surface area contributed by atoms with Crippen LogP contribution in [0.3, 0.4) is 0 Å². The lowest BCUT2D eigenvalue weighted by atomic mass is 10.0. The van der Waals surface area contributed by atoms with E-state index in [0.29, 0.717) is 18.2 Å². The van der Waals surface area contributed by atoms with Crippen molar-refractivity contribution in [1.82, 2.24) is 4.90 Å². The average Bonchev–Trinajstić information content (AvgIpc) is 3.16. The van der Waals surface area contributed by atoms with Crippen LogP contribution in [0.5, 0.6) is 0 Å². The number of fused-ring (bicyclic) bond motifs is 1. The van der Waals surface area contributed by atoms with Crippen LogP contribution >= 0.6 is 0 Å². The molecule has 1 aliphatic heterocycles. The van der Waals surface area contributed by atoms with Crippen LogP contribution in [0.2, 0.25) is 0 Å². The fraction of sp³-hybridized carbons (Fsp3) is 0.429. The van der Waals surface area contributed by atoms with Crippen molar-refractivity contribution in [2.45, 2.75) is 37.9 Å². The molecule has 5 nitrogen and oxygen atoms in total. The van der Waals surface area contributed by atoms with Gasteiger partial charge in [0.1, 0.15) is 6.04 Å². The van der Waals surface area contributed by atoms with Gasteiger partial charge in [-0.1, -0.05) is 12.1 Å². The third-order valence-electron chi connectivity index (χ3n) is 3.77. The molecule has 3 rings (SSSR count). The summed E-state index contributed by atoms with van der Waals surface area (Å²) in [4.78, 5) is 24.9. The van der Waals surface area contributed by atoms with Gasteiger partial charge >= 0.3 is 5.97 Å². The highest BCUT2D eigenvalue weighted by molar-refractivity contribution is 5.99. The first-order chi connectivity index (χ1) is 9.06. The molecule has 0 radical (unpaired) electrons. The zero-order chi connectivity index (χ0) is 13.6. The lowest BCUT2D eigenvalue weighted by Gasteiger charge is -2.13. The number of hydrogen-bond acceptors (Lipinski definition) is 3. The highest BCUT2D eigenvalue weighted by Crippen LogP contribution is 2.34. The van der Waals surface area contributed by atoms with Gasteiger partial charge in [0.2, 0.25) is 0 Å². The molecule has 1 aromatic rings. The van der Waals surface area contributed by atoms with Crippen LogP contribution in [0.4, 0.5) is 0 Å². The van der Waals surface area contributed by atoms with E-state index < -0.39 is 12.0 Å². The summed E-state index contributed by atoms with van der Waals surface area (Å²) in [7, 11) is 0. The van der Waals surface area contributed by atoms with Gasteiger partial charge < -0.3 is 15.7 Å². The third-order valence-corrected chi connectivity index (χ3v) is 3.77. The van der Waals surface area contributed by atoms with E-state index in [0.717, 1.165) is 24.0 Å². The topological polar surface area (TPSA) is 83.6 Å². The molecule has 1 heterocycles. The summed E-state index contributed by atoms with van der Waals surface area (Å²) in [6.07, 6.45) is 2.44. The largest absolute Gasteiger partial charge is 0.480 e. The maximum absolute atomic E-state index is 12.2. The van der Waals surface area contributed by atoms with Crippen LogP contribution in [0.15, 0.2) is 18.2 Å².